The number of aromatic nitrogens is 2. The van der Waals surface area contributed by atoms with Crippen molar-refractivity contribution in [3.8, 4) is 0 Å². The van der Waals surface area contributed by atoms with Crippen LogP contribution in [0.25, 0.3) is 0 Å². The molecule has 1 unspecified atom stereocenters. The topological polar surface area (TPSA) is 29.9 Å². The highest BCUT2D eigenvalue weighted by atomic mass is 32.2. The first-order valence-electron chi connectivity index (χ1n) is 6.43. The molecular formula is C13H23N3S. The predicted octanol–water partition coefficient (Wildman–Crippen LogP) is 2.39. The van der Waals surface area contributed by atoms with Crippen molar-refractivity contribution in [2.45, 2.75) is 39.3 Å². The molecule has 0 radical (unpaired) electrons. The molecule has 0 bridgehead atoms. The average Bonchev–Trinajstić information content (AvgIpc) is 2.76. The van der Waals surface area contributed by atoms with E-state index in [0.717, 1.165) is 13.1 Å². The van der Waals surface area contributed by atoms with Gasteiger partial charge < -0.3 is 9.88 Å². The van der Waals surface area contributed by atoms with Crippen molar-refractivity contribution in [2.75, 3.05) is 18.1 Å². The number of nitrogens with zero attached hydrogens (tertiary/aromatic N) is 2. The van der Waals surface area contributed by atoms with Gasteiger partial charge in [0.2, 0.25) is 0 Å². The van der Waals surface area contributed by atoms with E-state index in [2.05, 4.69) is 40.5 Å². The van der Waals surface area contributed by atoms with Gasteiger partial charge in [-0.3, -0.25) is 0 Å². The van der Waals surface area contributed by atoms with E-state index in [1.165, 1.54) is 24.3 Å². The zero-order valence-corrected chi connectivity index (χ0v) is 11.7. The molecule has 1 fully saturated rings. The lowest BCUT2D eigenvalue weighted by Gasteiger charge is -2.35. The predicted molar refractivity (Wildman–Crippen MR) is 74.4 cm³/mol. The fourth-order valence-corrected chi connectivity index (χ4v) is 3.69. The Labute approximate surface area is 108 Å². The molecule has 96 valence electrons. The quantitative estimate of drug-likeness (QED) is 0.817. The van der Waals surface area contributed by atoms with Crippen molar-refractivity contribution in [3.05, 3.63) is 18.7 Å². The summed E-state index contributed by atoms with van der Waals surface area (Å²) in [5, 5.41) is 3.69. The largest absolute Gasteiger partial charge is 0.337 e. The Bertz CT molecular complexity index is 321. The van der Waals surface area contributed by atoms with Gasteiger partial charge in [-0.15, -0.1) is 0 Å². The number of hydrogen-bond donors (Lipinski definition) is 1. The van der Waals surface area contributed by atoms with Gasteiger partial charge in [-0.2, -0.15) is 11.8 Å². The number of thioether (sulfide) groups is 1. The third-order valence-electron chi connectivity index (χ3n) is 3.20. The summed E-state index contributed by atoms with van der Waals surface area (Å²) in [6.07, 6.45) is 8.25. The van der Waals surface area contributed by atoms with Gasteiger partial charge in [-0.25, -0.2) is 4.98 Å². The smallest absolute Gasteiger partial charge is 0.0945 e. The van der Waals surface area contributed by atoms with Crippen LogP contribution in [0.1, 0.15) is 26.7 Å². The molecule has 17 heavy (non-hydrogen) atoms. The maximum absolute atomic E-state index is 4.05. The number of hydrogen-bond acceptors (Lipinski definition) is 3. The molecule has 4 heteroatoms. The molecule has 1 atom stereocenters. The highest BCUT2D eigenvalue weighted by Crippen LogP contribution is 2.33. The molecule has 0 amide bonds. The Morgan fingerprint density at radius 1 is 1.53 bits per heavy atom. The van der Waals surface area contributed by atoms with Crippen molar-refractivity contribution >= 4 is 11.8 Å². The van der Waals surface area contributed by atoms with Gasteiger partial charge in [0, 0.05) is 30.7 Å². The summed E-state index contributed by atoms with van der Waals surface area (Å²) in [7, 11) is 0. The number of rotatable bonds is 5. The number of aryl methyl sites for hydroxylation is 1. The summed E-state index contributed by atoms with van der Waals surface area (Å²) in [6, 6.07) is 0.700. The van der Waals surface area contributed by atoms with Crippen molar-refractivity contribution < 1.29 is 0 Å². The molecular weight excluding hydrogens is 230 g/mol. The van der Waals surface area contributed by atoms with E-state index in [-0.39, 0.29) is 0 Å². The van der Waals surface area contributed by atoms with Crippen LogP contribution in [0.4, 0.5) is 0 Å². The highest BCUT2D eigenvalue weighted by molar-refractivity contribution is 7.99. The standard InChI is InChI=1S/C13H23N3S/c1-13(2)8-12(9-17-10-13)15-4-3-6-16-7-5-14-11-16/h5,7,11-12,15H,3-4,6,8-10H2,1-2H3. The Balaban J connectivity index is 1.62. The monoisotopic (exact) mass is 253 g/mol. The molecule has 0 spiro atoms. The van der Waals surface area contributed by atoms with Crippen molar-refractivity contribution in [1.82, 2.24) is 14.9 Å². The molecule has 1 N–H and O–H groups in total. The average molecular weight is 253 g/mol. The van der Waals surface area contributed by atoms with E-state index in [0.29, 0.717) is 11.5 Å². The molecule has 0 aliphatic carbocycles. The summed E-state index contributed by atoms with van der Waals surface area (Å²) in [5.74, 6) is 2.58. The molecule has 1 aliphatic rings. The van der Waals surface area contributed by atoms with E-state index in [4.69, 9.17) is 0 Å². The van der Waals surface area contributed by atoms with Gasteiger partial charge in [-0.05, 0) is 30.6 Å². The maximum Gasteiger partial charge on any atom is 0.0945 e. The third-order valence-corrected chi connectivity index (χ3v) is 4.82. The Morgan fingerprint density at radius 3 is 3.12 bits per heavy atom. The lowest BCUT2D eigenvalue weighted by Crippen LogP contribution is -2.40. The van der Waals surface area contributed by atoms with Crippen molar-refractivity contribution in [2.24, 2.45) is 5.41 Å². The van der Waals surface area contributed by atoms with E-state index in [1.54, 1.807) is 0 Å². The highest BCUT2D eigenvalue weighted by Gasteiger charge is 2.27. The SMILES string of the molecule is CC1(C)CSCC(NCCCn2ccnc2)C1. The summed E-state index contributed by atoms with van der Waals surface area (Å²) in [5.41, 5.74) is 0.505. The van der Waals surface area contributed by atoms with Crippen LogP contribution in [-0.2, 0) is 6.54 Å². The minimum absolute atomic E-state index is 0.505. The molecule has 0 saturated carbocycles. The fraction of sp³-hybridized carbons (Fsp3) is 0.769. The first kappa shape index (κ1) is 13.0. The molecule has 2 heterocycles. The first-order chi connectivity index (χ1) is 8.16. The first-order valence-corrected chi connectivity index (χ1v) is 7.58. The molecule has 2 rings (SSSR count). The van der Waals surface area contributed by atoms with Crippen LogP contribution in [-0.4, -0.2) is 33.6 Å². The zero-order chi connectivity index (χ0) is 12.1. The third kappa shape index (κ3) is 4.36. The summed E-state index contributed by atoms with van der Waals surface area (Å²) in [6.45, 7) is 6.93. The molecule has 3 nitrogen and oxygen atoms in total. The second-order valence-electron chi connectivity index (χ2n) is 5.69. The molecule has 1 aromatic heterocycles. The van der Waals surface area contributed by atoms with Gasteiger partial charge in [0.05, 0.1) is 6.33 Å². The Morgan fingerprint density at radius 2 is 2.41 bits per heavy atom. The molecule has 1 saturated heterocycles. The van der Waals surface area contributed by atoms with Crippen molar-refractivity contribution in [1.29, 1.82) is 0 Å². The molecule has 1 aliphatic heterocycles. The van der Waals surface area contributed by atoms with Crippen LogP contribution in [0.3, 0.4) is 0 Å². The van der Waals surface area contributed by atoms with Gasteiger partial charge in [0.15, 0.2) is 0 Å². The van der Waals surface area contributed by atoms with E-state index in [1.807, 2.05) is 18.7 Å². The van der Waals surface area contributed by atoms with Crippen LogP contribution in [0.2, 0.25) is 0 Å². The second-order valence-corrected chi connectivity index (χ2v) is 6.72. The Kier molecular flexibility index (Phi) is 4.51. The van der Waals surface area contributed by atoms with Crippen LogP contribution in [0.5, 0.6) is 0 Å². The van der Waals surface area contributed by atoms with E-state index < -0.39 is 0 Å². The van der Waals surface area contributed by atoms with Gasteiger partial charge in [-0.1, -0.05) is 13.8 Å². The van der Waals surface area contributed by atoms with E-state index >= 15 is 0 Å². The minimum Gasteiger partial charge on any atom is -0.337 e. The minimum atomic E-state index is 0.505. The van der Waals surface area contributed by atoms with E-state index in [9.17, 15) is 0 Å². The van der Waals surface area contributed by atoms with Gasteiger partial charge in [0.1, 0.15) is 0 Å². The van der Waals surface area contributed by atoms with Crippen LogP contribution in [0, 0.1) is 5.41 Å². The normalized spacial score (nSPS) is 23.8. The maximum atomic E-state index is 4.05. The summed E-state index contributed by atoms with van der Waals surface area (Å²) < 4.78 is 2.14. The lowest BCUT2D eigenvalue weighted by molar-refractivity contribution is 0.316. The van der Waals surface area contributed by atoms with Crippen LogP contribution >= 0.6 is 11.8 Å². The lowest BCUT2D eigenvalue weighted by atomic mass is 9.88. The van der Waals surface area contributed by atoms with Crippen LogP contribution in [0.15, 0.2) is 18.7 Å². The summed E-state index contributed by atoms with van der Waals surface area (Å²) in [4.78, 5) is 4.05. The Hall–Kier alpha value is -0.480. The number of nitrogens with one attached hydrogen (secondary N) is 1. The van der Waals surface area contributed by atoms with Gasteiger partial charge in [0.25, 0.3) is 0 Å². The second kappa shape index (κ2) is 5.91. The number of imidazole rings is 1. The summed E-state index contributed by atoms with van der Waals surface area (Å²) >= 11 is 2.09. The fourth-order valence-electron chi connectivity index (χ4n) is 2.38. The zero-order valence-electron chi connectivity index (χ0n) is 10.9. The molecule has 0 aromatic carbocycles. The van der Waals surface area contributed by atoms with Crippen molar-refractivity contribution in [3.63, 3.8) is 0 Å². The van der Waals surface area contributed by atoms with Gasteiger partial charge >= 0.3 is 0 Å². The molecule has 1 aromatic rings. The van der Waals surface area contributed by atoms with Crippen LogP contribution < -0.4 is 5.32 Å².